The molecule has 0 radical (unpaired) electrons. The Morgan fingerprint density at radius 2 is 2.03 bits per heavy atom. The Balaban J connectivity index is 1.90. The van der Waals surface area contributed by atoms with Crippen LogP contribution in [0.25, 0.3) is 0 Å². The summed E-state index contributed by atoms with van der Waals surface area (Å²) in [5.41, 5.74) is -1.83. The highest BCUT2D eigenvalue weighted by Gasteiger charge is 2.61. The molecular weight excluding hydrogens is 388 g/mol. The summed E-state index contributed by atoms with van der Waals surface area (Å²) >= 11 is 0. The van der Waals surface area contributed by atoms with E-state index in [9.17, 15) is 24.6 Å². The van der Waals surface area contributed by atoms with Crippen molar-refractivity contribution < 1.29 is 34.1 Å². The van der Waals surface area contributed by atoms with Crippen LogP contribution in [0.2, 0.25) is 0 Å². The van der Waals surface area contributed by atoms with Gasteiger partial charge in [0.25, 0.3) is 0 Å². The van der Waals surface area contributed by atoms with Crippen molar-refractivity contribution in [2.75, 3.05) is 0 Å². The topological polar surface area (TPSA) is 110 Å². The van der Waals surface area contributed by atoms with Crippen LogP contribution < -0.4 is 0 Å². The quantitative estimate of drug-likeness (QED) is 0.504. The molecule has 7 heteroatoms. The second-order valence-corrected chi connectivity index (χ2v) is 8.69. The molecule has 2 aliphatic heterocycles. The normalized spacial score (nSPS) is 32.0. The predicted octanol–water partition coefficient (Wildman–Crippen LogP) is 2.14. The first-order chi connectivity index (χ1) is 13.9. The van der Waals surface area contributed by atoms with Gasteiger partial charge in [-0.1, -0.05) is 20.3 Å². The minimum atomic E-state index is -1.47. The Kier molecular flexibility index (Phi) is 5.64. The maximum atomic E-state index is 12.7. The van der Waals surface area contributed by atoms with Crippen LogP contribution in [0, 0.1) is 17.8 Å². The molecule has 30 heavy (non-hydrogen) atoms. The predicted molar refractivity (Wildman–Crippen MR) is 108 cm³/mol. The van der Waals surface area contributed by atoms with E-state index in [1.165, 1.54) is 45.3 Å². The number of Topliss-reactive ketones (excluding diaryl/α,β-unsaturated/α-hetero) is 1. The van der Waals surface area contributed by atoms with Gasteiger partial charge in [-0.15, -0.1) is 0 Å². The van der Waals surface area contributed by atoms with Crippen LogP contribution in [0.4, 0.5) is 0 Å². The molecule has 162 valence electrons. The summed E-state index contributed by atoms with van der Waals surface area (Å²) < 4.78 is 11.0. The monoisotopic (exact) mass is 416 g/mol. The summed E-state index contributed by atoms with van der Waals surface area (Å²) in [5.74, 6) is -3.03. The van der Waals surface area contributed by atoms with Crippen molar-refractivity contribution in [3.8, 4) is 0 Å². The average Bonchev–Trinajstić information content (AvgIpc) is 2.97. The lowest BCUT2D eigenvalue weighted by molar-refractivity contribution is -0.156. The number of aliphatic hydroxyl groups is 2. The Morgan fingerprint density at radius 1 is 1.37 bits per heavy atom. The van der Waals surface area contributed by atoms with E-state index in [2.05, 4.69) is 0 Å². The molecule has 0 bridgehead atoms. The van der Waals surface area contributed by atoms with Gasteiger partial charge in [-0.3, -0.25) is 14.4 Å². The van der Waals surface area contributed by atoms with Gasteiger partial charge in [0.05, 0.1) is 18.3 Å². The highest BCUT2D eigenvalue weighted by Crippen LogP contribution is 2.49. The molecule has 0 saturated carbocycles. The van der Waals surface area contributed by atoms with E-state index in [-0.39, 0.29) is 11.7 Å². The molecule has 0 spiro atoms. The van der Waals surface area contributed by atoms with E-state index in [1.807, 2.05) is 13.8 Å². The maximum Gasteiger partial charge on any atom is 0.318 e. The summed E-state index contributed by atoms with van der Waals surface area (Å²) in [6, 6.07) is 0. The molecule has 7 nitrogen and oxygen atoms in total. The highest BCUT2D eigenvalue weighted by atomic mass is 16.6. The molecule has 0 aromatic rings. The van der Waals surface area contributed by atoms with Gasteiger partial charge in [-0.05, 0) is 56.6 Å². The van der Waals surface area contributed by atoms with Crippen LogP contribution >= 0.6 is 0 Å². The number of aliphatic hydroxyl groups excluding tert-OH is 1. The van der Waals surface area contributed by atoms with E-state index in [0.717, 1.165) is 0 Å². The Hall–Kier alpha value is -2.51. The SMILES string of the molecule is CC[C@H](C)[C@@H](O)[C@](C)(O)/C=C/C1=CC2=CC(=O)[C@]3(C)OC(=O)[C@@H](C(C)=O)[C@@H]3C2=CO1. The molecule has 2 N–H and O–H groups in total. The summed E-state index contributed by atoms with van der Waals surface area (Å²) in [7, 11) is 0. The van der Waals surface area contributed by atoms with Gasteiger partial charge in [-0.2, -0.15) is 0 Å². The molecular formula is C23H28O7. The van der Waals surface area contributed by atoms with Crippen molar-refractivity contribution in [2.45, 2.75) is 58.3 Å². The molecule has 1 aliphatic carbocycles. The van der Waals surface area contributed by atoms with Crippen LogP contribution in [0.1, 0.15) is 41.0 Å². The van der Waals surface area contributed by atoms with Crippen molar-refractivity contribution in [2.24, 2.45) is 17.8 Å². The molecule has 0 aromatic carbocycles. The van der Waals surface area contributed by atoms with Crippen molar-refractivity contribution in [3.63, 3.8) is 0 Å². The second-order valence-electron chi connectivity index (χ2n) is 8.69. The van der Waals surface area contributed by atoms with E-state index >= 15 is 0 Å². The fraction of sp³-hybridized carbons (Fsp3) is 0.522. The number of carbonyl (C=O) groups is 3. The van der Waals surface area contributed by atoms with Gasteiger partial charge in [0.1, 0.15) is 23.1 Å². The number of hydrogen-bond donors (Lipinski definition) is 2. The lowest BCUT2D eigenvalue weighted by Gasteiger charge is -2.35. The van der Waals surface area contributed by atoms with E-state index in [1.54, 1.807) is 6.08 Å². The zero-order chi connectivity index (χ0) is 22.4. The van der Waals surface area contributed by atoms with E-state index in [0.29, 0.717) is 23.3 Å². The van der Waals surface area contributed by atoms with Crippen molar-refractivity contribution in [3.05, 3.63) is 47.5 Å². The standard InChI is InChI=1S/C23H28O7/c1-6-12(2)20(26)22(4,28)8-7-15-9-14-10-17(25)23(5)19(16(14)11-29-15)18(13(3)24)21(27)30-23/h7-12,18-20,26,28H,6H2,1-5H3/b8-7+/t12-,18-,19-,20+,22+,23-/m0/s1. The number of allylic oxidation sites excluding steroid dienone is 3. The van der Waals surface area contributed by atoms with Gasteiger partial charge < -0.3 is 19.7 Å². The summed E-state index contributed by atoms with van der Waals surface area (Å²) in [6.45, 7) is 8.11. The number of ketones is 2. The summed E-state index contributed by atoms with van der Waals surface area (Å²) in [6.07, 6.45) is 7.13. The minimum Gasteiger partial charge on any atom is -0.465 e. The fourth-order valence-electron chi connectivity index (χ4n) is 4.24. The third kappa shape index (κ3) is 3.56. The maximum absolute atomic E-state index is 12.7. The first kappa shape index (κ1) is 22.2. The third-order valence-electron chi connectivity index (χ3n) is 6.36. The first-order valence-electron chi connectivity index (χ1n) is 10.1. The summed E-state index contributed by atoms with van der Waals surface area (Å²) in [5, 5.41) is 20.9. The molecule has 3 aliphatic rings. The van der Waals surface area contributed by atoms with Crippen molar-refractivity contribution in [1.29, 1.82) is 0 Å². The highest BCUT2D eigenvalue weighted by molar-refractivity contribution is 6.09. The number of carbonyl (C=O) groups excluding carboxylic acids is 3. The van der Waals surface area contributed by atoms with Crippen LogP contribution in [0.3, 0.4) is 0 Å². The Labute approximate surface area is 175 Å². The molecule has 0 amide bonds. The van der Waals surface area contributed by atoms with Crippen molar-refractivity contribution in [1.82, 2.24) is 0 Å². The van der Waals surface area contributed by atoms with Crippen LogP contribution in [0.15, 0.2) is 47.5 Å². The second kappa shape index (κ2) is 7.63. The van der Waals surface area contributed by atoms with Gasteiger partial charge in [0, 0.05) is 5.57 Å². The van der Waals surface area contributed by atoms with E-state index < -0.39 is 40.9 Å². The molecule has 1 saturated heterocycles. The van der Waals surface area contributed by atoms with Crippen LogP contribution in [-0.2, 0) is 23.9 Å². The lowest BCUT2D eigenvalue weighted by atomic mass is 9.68. The van der Waals surface area contributed by atoms with E-state index in [4.69, 9.17) is 9.47 Å². The average molecular weight is 416 g/mol. The number of fused-ring (bicyclic) bond motifs is 3. The minimum absolute atomic E-state index is 0.0998. The smallest absolute Gasteiger partial charge is 0.318 e. The van der Waals surface area contributed by atoms with Crippen LogP contribution in [0.5, 0.6) is 0 Å². The number of hydrogen-bond acceptors (Lipinski definition) is 7. The first-order valence-corrected chi connectivity index (χ1v) is 10.1. The van der Waals surface area contributed by atoms with Gasteiger partial charge in [0.15, 0.2) is 11.4 Å². The number of esters is 1. The van der Waals surface area contributed by atoms with Gasteiger partial charge in [0.2, 0.25) is 0 Å². The van der Waals surface area contributed by atoms with Crippen LogP contribution in [-0.4, -0.2) is 45.1 Å². The lowest BCUT2D eigenvalue weighted by Crippen LogP contribution is -2.46. The molecule has 6 atom stereocenters. The van der Waals surface area contributed by atoms with Gasteiger partial charge in [-0.25, -0.2) is 0 Å². The largest absolute Gasteiger partial charge is 0.465 e. The molecule has 0 unspecified atom stereocenters. The third-order valence-corrected chi connectivity index (χ3v) is 6.36. The molecule has 0 aromatic heterocycles. The molecule has 3 rings (SSSR count). The summed E-state index contributed by atoms with van der Waals surface area (Å²) in [4.78, 5) is 37.1. The molecule has 1 fully saturated rings. The van der Waals surface area contributed by atoms with Gasteiger partial charge >= 0.3 is 5.97 Å². The zero-order valence-corrected chi connectivity index (χ0v) is 17.8. The van der Waals surface area contributed by atoms with Crippen molar-refractivity contribution >= 4 is 17.5 Å². The molecule has 2 heterocycles. The number of ether oxygens (including phenoxy) is 2. The number of rotatable bonds is 6. The fourth-order valence-corrected chi connectivity index (χ4v) is 4.24. The zero-order valence-electron chi connectivity index (χ0n) is 17.8. The Morgan fingerprint density at radius 3 is 2.63 bits per heavy atom. The Bertz CT molecular complexity index is 905.